The van der Waals surface area contributed by atoms with E-state index in [4.69, 9.17) is 9.47 Å². The number of rotatable bonds is 16. The van der Waals surface area contributed by atoms with Crippen LogP contribution in [0.1, 0.15) is 30.9 Å². The van der Waals surface area contributed by atoms with Gasteiger partial charge in [0.2, 0.25) is 11.8 Å². The SMILES string of the molecule is CCCCNC(=O)[C@H](Cc1ccccc1)N(Cc1cccc(OC)c1)C(=O)CN(c1ccccc1OC)S(=O)(=O)c1ccccc1. The van der Waals surface area contributed by atoms with E-state index in [0.717, 1.165) is 28.3 Å². The molecule has 0 aromatic heterocycles. The number of unbranched alkanes of at least 4 members (excludes halogenated alkanes) is 1. The molecule has 0 bridgehead atoms. The predicted molar refractivity (Wildman–Crippen MR) is 179 cm³/mol. The van der Waals surface area contributed by atoms with E-state index in [1.165, 1.54) is 24.1 Å². The molecule has 0 fully saturated rings. The summed E-state index contributed by atoms with van der Waals surface area (Å²) in [6.45, 7) is 1.96. The summed E-state index contributed by atoms with van der Waals surface area (Å²) in [5, 5.41) is 3.00. The normalized spacial score (nSPS) is 11.7. The van der Waals surface area contributed by atoms with Crippen LogP contribution in [-0.4, -0.2) is 58.5 Å². The standard InChI is InChI=1S/C36H41N3O6S/c1-4-5-23-37-36(41)33(25-28-15-8-6-9-16-28)38(26-29-17-14-18-30(24-29)44-2)35(40)27-39(32-21-12-13-22-34(32)45-3)46(42,43)31-19-10-7-11-20-31/h6-22,24,33H,4-5,23,25-27H2,1-3H3,(H,37,41)/t33-/m0/s1. The van der Waals surface area contributed by atoms with Gasteiger partial charge in [-0.2, -0.15) is 0 Å². The molecule has 0 heterocycles. The number of benzene rings is 4. The molecular formula is C36H41N3O6S. The molecule has 4 rings (SSSR count). The molecule has 2 amide bonds. The van der Waals surface area contributed by atoms with E-state index in [9.17, 15) is 18.0 Å². The molecule has 4 aromatic rings. The monoisotopic (exact) mass is 643 g/mol. The van der Waals surface area contributed by atoms with Gasteiger partial charge in [0.15, 0.2) is 0 Å². The number of hydrogen-bond donors (Lipinski definition) is 1. The van der Waals surface area contributed by atoms with Gasteiger partial charge in [-0.15, -0.1) is 0 Å². The second kappa shape index (κ2) is 16.5. The predicted octanol–water partition coefficient (Wildman–Crippen LogP) is 5.46. The van der Waals surface area contributed by atoms with Crippen molar-refractivity contribution in [2.45, 2.75) is 43.7 Å². The molecule has 4 aromatic carbocycles. The molecule has 9 nitrogen and oxygen atoms in total. The maximum atomic E-state index is 14.6. The molecule has 1 atom stereocenters. The maximum absolute atomic E-state index is 14.6. The first kappa shape index (κ1) is 34.1. The highest BCUT2D eigenvalue weighted by molar-refractivity contribution is 7.92. The zero-order valence-electron chi connectivity index (χ0n) is 26.5. The second-order valence-corrected chi connectivity index (χ2v) is 12.6. The van der Waals surface area contributed by atoms with Crippen LogP contribution < -0.4 is 19.1 Å². The molecule has 0 unspecified atom stereocenters. The van der Waals surface area contributed by atoms with E-state index in [-0.39, 0.29) is 35.2 Å². The number of nitrogens with one attached hydrogen (secondary N) is 1. The summed E-state index contributed by atoms with van der Waals surface area (Å²) < 4.78 is 40.4. The Kier molecular flexibility index (Phi) is 12.2. The number of amides is 2. The first-order chi connectivity index (χ1) is 22.3. The minimum absolute atomic E-state index is 0.0196. The topological polar surface area (TPSA) is 105 Å². The fraction of sp³-hybridized carbons (Fsp3) is 0.278. The number of carbonyl (C=O) groups excluding carboxylic acids is 2. The second-order valence-electron chi connectivity index (χ2n) is 10.7. The van der Waals surface area contributed by atoms with Crippen molar-refractivity contribution in [3.05, 3.63) is 120 Å². The lowest BCUT2D eigenvalue weighted by Crippen LogP contribution is -2.53. The molecule has 0 spiro atoms. The molecule has 1 N–H and O–H groups in total. The van der Waals surface area contributed by atoms with Crippen LogP contribution in [0.4, 0.5) is 5.69 Å². The van der Waals surface area contributed by atoms with Crippen molar-refractivity contribution in [3.63, 3.8) is 0 Å². The van der Waals surface area contributed by atoms with Gasteiger partial charge < -0.3 is 19.7 Å². The number of para-hydroxylation sites is 2. The summed E-state index contributed by atoms with van der Waals surface area (Å²) in [6, 6.07) is 30.4. The van der Waals surface area contributed by atoms with Crippen molar-refractivity contribution in [1.82, 2.24) is 10.2 Å². The Bertz CT molecular complexity index is 1680. The van der Waals surface area contributed by atoms with Gasteiger partial charge in [0.1, 0.15) is 24.1 Å². The molecule has 0 aliphatic rings. The fourth-order valence-corrected chi connectivity index (χ4v) is 6.54. The average Bonchev–Trinajstić information content (AvgIpc) is 3.09. The summed E-state index contributed by atoms with van der Waals surface area (Å²) in [6.07, 6.45) is 1.90. The Hall–Kier alpha value is -4.83. The highest BCUT2D eigenvalue weighted by atomic mass is 32.2. The molecule has 242 valence electrons. The Balaban J connectivity index is 1.82. The van der Waals surface area contributed by atoms with Crippen molar-refractivity contribution in [2.24, 2.45) is 0 Å². The maximum Gasteiger partial charge on any atom is 0.264 e. The Morgan fingerprint density at radius 2 is 1.46 bits per heavy atom. The van der Waals surface area contributed by atoms with E-state index < -0.39 is 28.5 Å². The van der Waals surface area contributed by atoms with Crippen LogP contribution in [-0.2, 0) is 32.6 Å². The number of sulfonamides is 1. The van der Waals surface area contributed by atoms with Crippen LogP contribution in [0, 0.1) is 0 Å². The zero-order chi connectivity index (χ0) is 32.9. The lowest BCUT2D eigenvalue weighted by atomic mass is 10.0. The third-order valence-electron chi connectivity index (χ3n) is 7.55. The molecule has 0 radical (unpaired) electrons. The van der Waals surface area contributed by atoms with Crippen LogP contribution >= 0.6 is 0 Å². The van der Waals surface area contributed by atoms with Crippen LogP contribution in [0.25, 0.3) is 0 Å². The molecule has 0 aliphatic heterocycles. The van der Waals surface area contributed by atoms with Crippen LogP contribution in [0.15, 0.2) is 114 Å². The molecule has 10 heteroatoms. The van der Waals surface area contributed by atoms with Crippen molar-refractivity contribution < 1.29 is 27.5 Å². The van der Waals surface area contributed by atoms with E-state index in [1.807, 2.05) is 49.4 Å². The van der Waals surface area contributed by atoms with Gasteiger partial charge in [-0.25, -0.2) is 8.42 Å². The number of nitrogens with zero attached hydrogens (tertiary/aromatic N) is 2. The minimum Gasteiger partial charge on any atom is -0.497 e. The van der Waals surface area contributed by atoms with Gasteiger partial charge in [-0.3, -0.25) is 13.9 Å². The van der Waals surface area contributed by atoms with E-state index >= 15 is 0 Å². The van der Waals surface area contributed by atoms with Crippen LogP contribution in [0.2, 0.25) is 0 Å². The Morgan fingerprint density at radius 1 is 0.804 bits per heavy atom. The van der Waals surface area contributed by atoms with Gasteiger partial charge in [-0.05, 0) is 53.9 Å². The number of carbonyl (C=O) groups is 2. The molecule has 0 saturated carbocycles. The summed E-state index contributed by atoms with van der Waals surface area (Å²) in [4.78, 5) is 30.0. The average molecular weight is 644 g/mol. The third-order valence-corrected chi connectivity index (χ3v) is 9.33. The van der Waals surface area contributed by atoms with Gasteiger partial charge in [-0.1, -0.05) is 86.1 Å². The largest absolute Gasteiger partial charge is 0.497 e. The Labute approximate surface area is 271 Å². The number of methoxy groups -OCH3 is 2. The van der Waals surface area contributed by atoms with Gasteiger partial charge in [0.25, 0.3) is 10.0 Å². The molecule has 0 saturated heterocycles. The summed E-state index contributed by atoms with van der Waals surface area (Å²) >= 11 is 0. The Morgan fingerprint density at radius 3 is 2.13 bits per heavy atom. The van der Waals surface area contributed by atoms with Crippen LogP contribution in [0.3, 0.4) is 0 Å². The van der Waals surface area contributed by atoms with Crippen molar-refractivity contribution in [1.29, 1.82) is 0 Å². The number of hydrogen-bond acceptors (Lipinski definition) is 6. The molecule has 46 heavy (non-hydrogen) atoms. The first-order valence-corrected chi connectivity index (χ1v) is 16.7. The van der Waals surface area contributed by atoms with E-state index in [0.29, 0.717) is 12.3 Å². The third kappa shape index (κ3) is 8.66. The van der Waals surface area contributed by atoms with E-state index in [1.54, 1.807) is 61.7 Å². The number of anilines is 1. The van der Waals surface area contributed by atoms with Gasteiger partial charge in [0.05, 0.1) is 24.8 Å². The van der Waals surface area contributed by atoms with Crippen LogP contribution in [0.5, 0.6) is 11.5 Å². The highest BCUT2D eigenvalue weighted by Crippen LogP contribution is 2.32. The van der Waals surface area contributed by atoms with Crippen molar-refractivity contribution in [3.8, 4) is 11.5 Å². The summed E-state index contributed by atoms with van der Waals surface area (Å²) in [7, 11) is -1.24. The van der Waals surface area contributed by atoms with Crippen molar-refractivity contribution in [2.75, 3.05) is 31.6 Å². The zero-order valence-corrected chi connectivity index (χ0v) is 27.3. The van der Waals surface area contributed by atoms with Gasteiger partial charge >= 0.3 is 0 Å². The molecule has 0 aliphatic carbocycles. The van der Waals surface area contributed by atoms with E-state index in [2.05, 4.69) is 5.32 Å². The highest BCUT2D eigenvalue weighted by Gasteiger charge is 2.35. The number of ether oxygens (including phenoxy) is 2. The van der Waals surface area contributed by atoms with Crippen molar-refractivity contribution >= 4 is 27.5 Å². The first-order valence-electron chi connectivity index (χ1n) is 15.2. The van der Waals surface area contributed by atoms with Gasteiger partial charge in [0, 0.05) is 19.5 Å². The lowest BCUT2D eigenvalue weighted by molar-refractivity contribution is -0.140. The lowest BCUT2D eigenvalue weighted by Gasteiger charge is -2.34. The summed E-state index contributed by atoms with van der Waals surface area (Å²) in [5.41, 5.74) is 1.79. The summed E-state index contributed by atoms with van der Waals surface area (Å²) in [5.74, 6) is 0.00891. The quantitative estimate of drug-likeness (QED) is 0.163. The molecular weight excluding hydrogens is 602 g/mol. The fourth-order valence-electron chi connectivity index (χ4n) is 5.10. The smallest absolute Gasteiger partial charge is 0.264 e. The minimum atomic E-state index is -4.24.